The van der Waals surface area contributed by atoms with Crippen LogP contribution in [0, 0.1) is 0 Å². The lowest BCUT2D eigenvalue weighted by Gasteiger charge is -2.13. The predicted octanol–water partition coefficient (Wildman–Crippen LogP) is 4.62. The summed E-state index contributed by atoms with van der Waals surface area (Å²) in [5.41, 5.74) is 1.23. The van der Waals surface area contributed by atoms with E-state index in [2.05, 4.69) is 35.8 Å². The molecule has 0 aliphatic rings. The molecule has 0 fully saturated rings. The van der Waals surface area contributed by atoms with Gasteiger partial charge in [0.1, 0.15) is 6.61 Å². The van der Waals surface area contributed by atoms with Gasteiger partial charge in [-0.25, -0.2) is 0 Å². The molecule has 0 bridgehead atoms. The third kappa shape index (κ3) is 5.35. The predicted molar refractivity (Wildman–Crippen MR) is 92.9 cm³/mol. The highest BCUT2D eigenvalue weighted by molar-refractivity contribution is 7.09. The Morgan fingerprint density at radius 1 is 1.09 bits per heavy atom. The number of hydrogen-bond acceptors (Lipinski definition) is 4. The van der Waals surface area contributed by atoms with E-state index in [0.29, 0.717) is 13.2 Å². The van der Waals surface area contributed by atoms with E-state index >= 15 is 0 Å². The Morgan fingerprint density at radius 2 is 2.00 bits per heavy atom. The van der Waals surface area contributed by atoms with Crippen LogP contribution in [-0.2, 0) is 13.2 Å². The van der Waals surface area contributed by atoms with Crippen molar-refractivity contribution in [3.63, 3.8) is 0 Å². The molecule has 1 aromatic carbocycles. The largest absolute Gasteiger partial charge is 0.490 e. The fourth-order valence-electron chi connectivity index (χ4n) is 2.13. The van der Waals surface area contributed by atoms with Crippen molar-refractivity contribution in [1.29, 1.82) is 0 Å². The van der Waals surface area contributed by atoms with E-state index in [-0.39, 0.29) is 0 Å². The van der Waals surface area contributed by atoms with E-state index in [0.717, 1.165) is 24.6 Å². The molecule has 2 rings (SSSR count). The summed E-state index contributed by atoms with van der Waals surface area (Å²) >= 11 is 1.70. The second-order valence-corrected chi connectivity index (χ2v) is 6.14. The van der Waals surface area contributed by atoms with Crippen molar-refractivity contribution in [3.05, 3.63) is 46.2 Å². The minimum atomic E-state index is 0.589. The second-order valence-electron chi connectivity index (χ2n) is 5.11. The third-order valence-corrected chi connectivity index (χ3v) is 4.14. The Kier molecular flexibility index (Phi) is 7.26. The van der Waals surface area contributed by atoms with Crippen LogP contribution in [0.5, 0.6) is 11.5 Å². The van der Waals surface area contributed by atoms with Gasteiger partial charge in [-0.2, -0.15) is 0 Å². The van der Waals surface area contributed by atoms with E-state index in [4.69, 9.17) is 9.47 Å². The fourth-order valence-corrected chi connectivity index (χ4v) is 2.74. The fraction of sp³-hybridized carbons (Fsp3) is 0.444. The van der Waals surface area contributed by atoms with Gasteiger partial charge in [-0.05, 0) is 49.0 Å². The smallest absolute Gasteiger partial charge is 0.161 e. The first kappa shape index (κ1) is 16.8. The van der Waals surface area contributed by atoms with Crippen molar-refractivity contribution < 1.29 is 9.47 Å². The van der Waals surface area contributed by atoms with Crippen LogP contribution in [0.1, 0.15) is 37.1 Å². The number of thiophene rings is 1. The zero-order valence-electron chi connectivity index (χ0n) is 13.4. The summed E-state index contributed by atoms with van der Waals surface area (Å²) in [6, 6.07) is 10.3. The molecule has 0 aliphatic carbocycles. The normalized spacial score (nSPS) is 10.6. The maximum absolute atomic E-state index is 5.90. The van der Waals surface area contributed by atoms with Crippen molar-refractivity contribution >= 4 is 11.3 Å². The molecule has 3 nitrogen and oxygen atoms in total. The van der Waals surface area contributed by atoms with E-state index in [9.17, 15) is 0 Å². The van der Waals surface area contributed by atoms with Crippen molar-refractivity contribution in [1.82, 2.24) is 5.32 Å². The lowest BCUT2D eigenvalue weighted by Crippen LogP contribution is -2.14. The molecule has 1 heterocycles. The summed E-state index contributed by atoms with van der Waals surface area (Å²) in [7, 11) is 0. The van der Waals surface area contributed by atoms with E-state index < -0.39 is 0 Å². The van der Waals surface area contributed by atoms with Gasteiger partial charge in [0.15, 0.2) is 11.5 Å². The summed E-state index contributed by atoms with van der Waals surface area (Å²) in [6.45, 7) is 7.35. The maximum atomic E-state index is 5.90. The SMILES string of the molecule is CCCCNCc1ccc(OCc2cccs2)c(OCC)c1. The molecular formula is C18H25NO2S. The average molecular weight is 319 g/mol. The Labute approximate surface area is 137 Å². The standard InChI is InChI=1S/C18H25NO2S/c1-3-5-10-19-13-15-8-9-17(18(12-15)20-4-2)21-14-16-7-6-11-22-16/h6-9,11-12,19H,3-5,10,13-14H2,1-2H3. The van der Waals surface area contributed by atoms with Crippen LogP contribution in [0.2, 0.25) is 0 Å². The summed E-state index contributed by atoms with van der Waals surface area (Å²) in [5.74, 6) is 1.64. The van der Waals surface area contributed by atoms with Gasteiger partial charge >= 0.3 is 0 Å². The van der Waals surface area contributed by atoms with Gasteiger partial charge in [0.25, 0.3) is 0 Å². The van der Waals surface area contributed by atoms with Crippen molar-refractivity contribution in [3.8, 4) is 11.5 Å². The molecule has 0 amide bonds. The van der Waals surface area contributed by atoms with Crippen LogP contribution < -0.4 is 14.8 Å². The highest BCUT2D eigenvalue weighted by Crippen LogP contribution is 2.29. The molecule has 0 aliphatic heterocycles. The highest BCUT2D eigenvalue weighted by Gasteiger charge is 2.07. The minimum absolute atomic E-state index is 0.589. The molecule has 0 radical (unpaired) electrons. The molecule has 4 heteroatoms. The summed E-state index contributed by atoms with van der Waals surface area (Å²) in [5, 5.41) is 5.51. The molecule has 2 aromatic rings. The summed E-state index contributed by atoms with van der Waals surface area (Å²) < 4.78 is 11.6. The Morgan fingerprint density at radius 3 is 2.73 bits per heavy atom. The number of rotatable bonds is 10. The first-order valence-electron chi connectivity index (χ1n) is 7.95. The average Bonchev–Trinajstić information content (AvgIpc) is 3.04. The summed E-state index contributed by atoms with van der Waals surface area (Å²) in [6.07, 6.45) is 2.42. The molecule has 22 heavy (non-hydrogen) atoms. The molecule has 0 unspecified atom stereocenters. The quantitative estimate of drug-likeness (QED) is 0.648. The number of benzene rings is 1. The van der Waals surface area contributed by atoms with Crippen molar-refractivity contribution in [2.75, 3.05) is 13.2 Å². The van der Waals surface area contributed by atoms with E-state index in [1.807, 2.05) is 19.1 Å². The van der Waals surface area contributed by atoms with Crippen LogP contribution in [0.3, 0.4) is 0 Å². The number of ether oxygens (including phenoxy) is 2. The zero-order valence-corrected chi connectivity index (χ0v) is 14.2. The lowest BCUT2D eigenvalue weighted by atomic mass is 10.2. The molecule has 0 atom stereocenters. The van der Waals surface area contributed by atoms with Crippen LogP contribution >= 0.6 is 11.3 Å². The number of unbranched alkanes of at least 4 members (excludes halogenated alkanes) is 1. The van der Waals surface area contributed by atoms with Crippen LogP contribution in [0.25, 0.3) is 0 Å². The first-order chi connectivity index (χ1) is 10.8. The number of nitrogens with one attached hydrogen (secondary N) is 1. The first-order valence-corrected chi connectivity index (χ1v) is 8.83. The second kappa shape index (κ2) is 9.49. The molecule has 0 saturated heterocycles. The van der Waals surface area contributed by atoms with Crippen LogP contribution in [0.15, 0.2) is 35.7 Å². The molecular weight excluding hydrogens is 294 g/mol. The molecule has 1 N–H and O–H groups in total. The number of hydrogen-bond donors (Lipinski definition) is 1. The van der Waals surface area contributed by atoms with E-state index in [1.165, 1.54) is 23.3 Å². The molecule has 120 valence electrons. The third-order valence-electron chi connectivity index (χ3n) is 3.29. The molecule has 1 aromatic heterocycles. The Balaban J connectivity index is 1.96. The van der Waals surface area contributed by atoms with Crippen LogP contribution in [0.4, 0.5) is 0 Å². The van der Waals surface area contributed by atoms with Gasteiger partial charge < -0.3 is 14.8 Å². The molecule has 0 spiro atoms. The Hall–Kier alpha value is -1.52. The van der Waals surface area contributed by atoms with Gasteiger partial charge in [0.2, 0.25) is 0 Å². The van der Waals surface area contributed by atoms with Gasteiger partial charge in [-0.3, -0.25) is 0 Å². The van der Waals surface area contributed by atoms with Gasteiger partial charge in [-0.1, -0.05) is 25.5 Å². The van der Waals surface area contributed by atoms with E-state index in [1.54, 1.807) is 11.3 Å². The van der Waals surface area contributed by atoms with Crippen molar-refractivity contribution in [2.45, 2.75) is 39.8 Å². The maximum Gasteiger partial charge on any atom is 0.161 e. The minimum Gasteiger partial charge on any atom is -0.490 e. The topological polar surface area (TPSA) is 30.5 Å². The lowest BCUT2D eigenvalue weighted by molar-refractivity contribution is 0.271. The molecule has 0 saturated carbocycles. The zero-order chi connectivity index (χ0) is 15.6. The van der Waals surface area contributed by atoms with Gasteiger partial charge in [-0.15, -0.1) is 11.3 Å². The Bertz CT molecular complexity index is 540. The van der Waals surface area contributed by atoms with Gasteiger partial charge in [0, 0.05) is 11.4 Å². The van der Waals surface area contributed by atoms with Crippen molar-refractivity contribution in [2.24, 2.45) is 0 Å². The summed E-state index contributed by atoms with van der Waals surface area (Å²) in [4.78, 5) is 1.22. The monoisotopic (exact) mass is 319 g/mol. The van der Waals surface area contributed by atoms with Crippen LogP contribution in [-0.4, -0.2) is 13.2 Å². The highest BCUT2D eigenvalue weighted by atomic mass is 32.1. The van der Waals surface area contributed by atoms with Gasteiger partial charge in [0.05, 0.1) is 6.61 Å².